The lowest BCUT2D eigenvalue weighted by Gasteiger charge is -2.27. The van der Waals surface area contributed by atoms with E-state index in [4.69, 9.17) is 26.2 Å². The number of benzene rings is 1. The van der Waals surface area contributed by atoms with Gasteiger partial charge in [-0.15, -0.1) is 0 Å². The van der Waals surface area contributed by atoms with E-state index in [1.165, 1.54) is 55.3 Å². The number of hydrogen-bond acceptors (Lipinski definition) is 6. The molecule has 1 heterocycles. The van der Waals surface area contributed by atoms with E-state index in [1.54, 1.807) is 18.2 Å². The highest BCUT2D eigenvalue weighted by Crippen LogP contribution is 2.34. The summed E-state index contributed by atoms with van der Waals surface area (Å²) < 4.78 is 12.7. The van der Waals surface area contributed by atoms with Crippen molar-refractivity contribution in [2.24, 2.45) is 0 Å². The Labute approximate surface area is 231 Å². The minimum Gasteiger partial charge on any atom is -0.495 e. The van der Waals surface area contributed by atoms with Crippen LogP contribution in [-0.4, -0.2) is 47.2 Å². The molecule has 206 valence electrons. The topological polar surface area (TPSA) is 124 Å². The Morgan fingerprint density at radius 2 is 2.00 bits per heavy atom. The van der Waals surface area contributed by atoms with Gasteiger partial charge in [-0.25, -0.2) is 4.79 Å². The van der Waals surface area contributed by atoms with Crippen LogP contribution in [0.3, 0.4) is 0 Å². The Morgan fingerprint density at radius 1 is 1.26 bits per heavy atom. The van der Waals surface area contributed by atoms with Crippen LogP contribution in [0.1, 0.15) is 49.0 Å². The normalized spacial score (nSPS) is 14.5. The molecule has 0 radical (unpaired) electrons. The number of pyridine rings is 1. The third-order valence-corrected chi connectivity index (χ3v) is 6.65. The first-order chi connectivity index (χ1) is 18.7. The first-order valence-electron chi connectivity index (χ1n) is 12.4. The minimum absolute atomic E-state index is 0.0477. The van der Waals surface area contributed by atoms with Crippen LogP contribution in [0.15, 0.2) is 71.8 Å². The molecule has 2 N–H and O–H groups in total. The van der Waals surface area contributed by atoms with Crippen LogP contribution in [0.5, 0.6) is 5.75 Å². The maximum atomic E-state index is 13.4. The van der Waals surface area contributed by atoms with Gasteiger partial charge in [-0.3, -0.25) is 19.0 Å². The van der Waals surface area contributed by atoms with Crippen molar-refractivity contribution >= 4 is 29.3 Å². The number of nitrogens with zero attached hydrogens (tertiary/aromatic N) is 1. The molecule has 1 atom stereocenters. The van der Waals surface area contributed by atoms with Crippen molar-refractivity contribution in [1.82, 2.24) is 9.88 Å². The zero-order chi connectivity index (χ0) is 28.5. The van der Waals surface area contributed by atoms with Gasteiger partial charge in [0.1, 0.15) is 11.8 Å². The Balaban J connectivity index is 1.97. The second kappa shape index (κ2) is 13.7. The van der Waals surface area contributed by atoms with E-state index in [9.17, 15) is 19.2 Å². The minimum atomic E-state index is -1.15. The monoisotopic (exact) mass is 554 g/mol. The number of amides is 1. The summed E-state index contributed by atoms with van der Waals surface area (Å²) in [6.07, 6.45) is 9.91. The molecule has 1 aliphatic carbocycles. The summed E-state index contributed by atoms with van der Waals surface area (Å²) in [6, 6.07) is 5.12. The lowest BCUT2D eigenvalue weighted by Crippen LogP contribution is -2.36. The number of halogens is 1. The summed E-state index contributed by atoms with van der Waals surface area (Å²) in [7, 11) is 1.43. The van der Waals surface area contributed by atoms with E-state index in [0.717, 1.165) is 19.3 Å². The summed E-state index contributed by atoms with van der Waals surface area (Å²) in [5.41, 5.74) is 0.640. The third kappa shape index (κ3) is 7.55. The van der Waals surface area contributed by atoms with Crippen molar-refractivity contribution < 1.29 is 29.0 Å². The Morgan fingerprint density at radius 3 is 2.59 bits per heavy atom. The van der Waals surface area contributed by atoms with Crippen LogP contribution in [-0.2, 0) is 14.3 Å². The third-order valence-electron chi connectivity index (χ3n) is 6.42. The van der Waals surface area contributed by atoms with Crippen LogP contribution in [0.25, 0.3) is 11.1 Å². The van der Waals surface area contributed by atoms with Gasteiger partial charge in [-0.05, 0) is 62.1 Å². The van der Waals surface area contributed by atoms with Gasteiger partial charge in [-0.2, -0.15) is 0 Å². The van der Waals surface area contributed by atoms with Gasteiger partial charge < -0.3 is 19.9 Å². The number of carbonyl (C=O) groups excluding carboxylic acids is 2. The highest BCUT2D eigenvalue weighted by atomic mass is 35.5. The van der Waals surface area contributed by atoms with Crippen molar-refractivity contribution in [3.63, 3.8) is 0 Å². The number of carbonyl (C=O) groups is 3. The van der Waals surface area contributed by atoms with Gasteiger partial charge >= 0.3 is 5.97 Å². The summed E-state index contributed by atoms with van der Waals surface area (Å²) >= 11 is 6.19. The second-order valence-corrected chi connectivity index (χ2v) is 9.41. The first kappa shape index (κ1) is 29.6. The number of hydrogen-bond donors (Lipinski definition) is 2. The van der Waals surface area contributed by atoms with Crippen LogP contribution in [0.4, 0.5) is 0 Å². The number of carboxylic acids is 1. The van der Waals surface area contributed by atoms with Gasteiger partial charge in [0.05, 0.1) is 25.0 Å². The number of Topliss-reactive ketones (excluding diaryl/α,β-unsaturated/α-hetero) is 1. The molecular formula is C29H31ClN2O7. The number of rotatable bonds is 13. The number of methoxy groups -OCH3 is 1. The molecule has 39 heavy (non-hydrogen) atoms. The molecule has 1 aromatic carbocycles. The fourth-order valence-electron chi connectivity index (χ4n) is 4.08. The van der Waals surface area contributed by atoms with Gasteiger partial charge in [0.25, 0.3) is 5.56 Å². The van der Waals surface area contributed by atoms with Crippen LogP contribution in [0, 0.1) is 0 Å². The van der Waals surface area contributed by atoms with Crippen molar-refractivity contribution in [2.75, 3.05) is 13.7 Å². The number of ether oxygens (including phenoxy) is 2. The smallest absolute Gasteiger partial charge is 0.335 e. The lowest BCUT2D eigenvalue weighted by atomic mass is 9.96. The quantitative estimate of drug-likeness (QED) is 0.209. The molecular weight excluding hydrogens is 524 g/mol. The number of aliphatic carboxylic acids is 1. The first-order valence-corrected chi connectivity index (χ1v) is 12.8. The molecule has 0 spiro atoms. The van der Waals surface area contributed by atoms with Gasteiger partial charge in [-0.1, -0.05) is 24.3 Å². The Bertz CT molecular complexity index is 1370. The molecule has 1 saturated carbocycles. The van der Waals surface area contributed by atoms with Crippen molar-refractivity contribution in [3.05, 3.63) is 88.0 Å². The number of ketones is 1. The largest absolute Gasteiger partial charge is 0.495 e. The van der Waals surface area contributed by atoms with Crippen molar-refractivity contribution in [3.8, 4) is 16.9 Å². The zero-order valence-corrected chi connectivity index (χ0v) is 22.6. The molecule has 9 nitrogen and oxygen atoms in total. The Hall–Kier alpha value is -3.95. The second-order valence-electron chi connectivity index (χ2n) is 8.97. The molecule has 0 bridgehead atoms. The standard InChI is InChI=1S/C29H31ClN2O7/c1-4-19(29(36)37)7-6-13-31-28(35)25(12-14-39-21-8-5-9-21)32-17-26(38-3)24(16-27(32)34)23-15-20(30)10-11-22(23)18(2)33/h4,6-7,10-11,13,15-17,21,25H,1,5,8-9,12,14H2,2-3H3,(H,31,35)(H,36,37)/b13-6+,19-7+/t25-/m1/s1. The van der Waals surface area contributed by atoms with Gasteiger partial charge in [0.2, 0.25) is 5.91 Å². The molecule has 0 unspecified atom stereocenters. The van der Waals surface area contributed by atoms with E-state index in [-0.39, 0.29) is 36.2 Å². The van der Waals surface area contributed by atoms with Crippen molar-refractivity contribution in [1.29, 1.82) is 0 Å². The van der Waals surface area contributed by atoms with E-state index in [0.29, 0.717) is 21.7 Å². The SMILES string of the molecule is C=C/C(=C\C=C\NC(=O)[C@@H](CCOC1CCC1)n1cc(OC)c(-c2cc(Cl)ccc2C(C)=O)cc1=O)C(=O)O. The van der Waals surface area contributed by atoms with Crippen LogP contribution in [0.2, 0.25) is 5.02 Å². The molecule has 2 aromatic rings. The predicted octanol–water partition coefficient (Wildman–Crippen LogP) is 4.71. The molecule has 10 heteroatoms. The summed E-state index contributed by atoms with van der Waals surface area (Å²) in [5.74, 6) is -1.59. The molecule has 0 saturated heterocycles. The number of nitrogens with one attached hydrogen (secondary N) is 1. The molecule has 3 rings (SSSR count). The fraction of sp³-hybridized carbons (Fsp3) is 0.310. The van der Waals surface area contributed by atoms with Crippen molar-refractivity contribution in [2.45, 2.75) is 44.8 Å². The average molecular weight is 555 g/mol. The van der Waals surface area contributed by atoms with Crippen LogP contribution >= 0.6 is 11.6 Å². The number of carboxylic acid groups (broad SMARTS) is 1. The molecule has 1 fully saturated rings. The van der Waals surface area contributed by atoms with Gasteiger partial charge in [0, 0.05) is 41.4 Å². The summed E-state index contributed by atoms with van der Waals surface area (Å²) in [5, 5.41) is 12.1. The molecule has 1 amide bonds. The van der Waals surface area contributed by atoms with E-state index in [1.807, 2.05) is 0 Å². The average Bonchev–Trinajstić information content (AvgIpc) is 2.87. The molecule has 1 aromatic heterocycles. The van der Waals surface area contributed by atoms with Crippen LogP contribution < -0.4 is 15.6 Å². The Kier molecular flexibility index (Phi) is 10.4. The number of allylic oxidation sites excluding steroid dienone is 2. The fourth-order valence-corrected chi connectivity index (χ4v) is 4.25. The van der Waals surface area contributed by atoms with Gasteiger partial charge in [0.15, 0.2) is 5.78 Å². The highest BCUT2D eigenvalue weighted by Gasteiger charge is 2.25. The lowest BCUT2D eigenvalue weighted by molar-refractivity contribution is -0.132. The molecule has 0 aliphatic heterocycles. The molecule has 1 aliphatic rings. The summed E-state index contributed by atoms with van der Waals surface area (Å²) in [6.45, 7) is 5.11. The zero-order valence-electron chi connectivity index (χ0n) is 21.8. The predicted molar refractivity (Wildman–Crippen MR) is 148 cm³/mol. The van der Waals surface area contributed by atoms with E-state index >= 15 is 0 Å². The highest BCUT2D eigenvalue weighted by molar-refractivity contribution is 6.31. The van der Waals surface area contributed by atoms with E-state index < -0.39 is 23.5 Å². The maximum Gasteiger partial charge on any atom is 0.335 e. The maximum absolute atomic E-state index is 13.4. The summed E-state index contributed by atoms with van der Waals surface area (Å²) in [4.78, 5) is 49.9. The van der Waals surface area contributed by atoms with E-state index in [2.05, 4.69) is 11.9 Å². The number of aromatic nitrogens is 1.